The van der Waals surface area contributed by atoms with Gasteiger partial charge in [-0.3, -0.25) is 4.79 Å². The van der Waals surface area contributed by atoms with Gasteiger partial charge in [0, 0.05) is 6.42 Å². The quantitative estimate of drug-likeness (QED) is 0.525. The maximum absolute atomic E-state index is 10.9. The van der Waals surface area contributed by atoms with Gasteiger partial charge in [0.25, 0.3) is 0 Å². The van der Waals surface area contributed by atoms with Gasteiger partial charge in [-0.1, -0.05) is 6.92 Å². The summed E-state index contributed by atoms with van der Waals surface area (Å²) in [6.07, 6.45) is 2.19. The molecule has 1 aliphatic heterocycles. The van der Waals surface area contributed by atoms with E-state index >= 15 is 0 Å². The van der Waals surface area contributed by atoms with Crippen molar-refractivity contribution in [3.05, 3.63) is 0 Å². The molecule has 1 saturated heterocycles. The van der Waals surface area contributed by atoms with Crippen molar-refractivity contribution in [2.75, 3.05) is 13.7 Å². The summed E-state index contributed by atoms with van der Waals surface area (Å²) < 4.78 is 4.57. The minimum atomic E-state index is -0.174. The van der Waals surface area contributed by atoms with E-state index in [1.165, 1.54) is 7.11 Å². The summed E-state index contributed by atoms with van der Waals surface area (Å²) in [4.78, 5) is 21.5. The third kappa shape index (κ3) is 2.54. The van der Waals surface area contributed by atoms with E-state index in [1.807, 2.05) is 6.92 Å². The van der Waals surface area contributed by atoms with Crippen molar-refractivity contribution in [2.45, 2.75) is 25.8 Å². The second-order valence-electron chi connectivity index (χ2n) is 3.80. The van der Waals surface area contributed by atoms with Crippen LogP contribution >= 0.6 is 0 Å². The summed E-state index contributed by atoms with van der Waals surface area (Å²) in [7, 11) is 1.40. The number of aldehydes is 1. The van der Waals surface area contributed by atoms with Crippen LogP contribution in [0.5, 0.6) is 0 Å². The largest absolute Gasteiger partial charge is 0.469 e. The molecule has 3 atom stereocenters. The number of hydrogen-bond donors (Lipinski definition) is 1. The minimum Gasteiger partial charge on any atom is -0.469 e. The molecule has 0 radical (unpaired) electrons. The van der Waals surface area contributed by atoms with Crippen LogP contribution in [0.25, 0.3) is 0 Å². The molecule has 0 aromatic rings. The number of rotatable bonds is 4. The van der Waals surface area contributed by atoms with Crippen molar-refractivity contribution < 1.29 is 14.3 Å². The highest BCUT2D eigenvalue weighted by atomic mass is 16.5. The predicted octanol–water partition coefficient (Wildman–Crippen LogP) is 0.363. The van der Waals surface area contributed by atoms with Crippen LogP contribution in [-0.4, -0.2) is 32.0 Å². The molecule has 0 amide bonds. The third-order valence-corrected chi connectivity index (χ3v) is 3.02. The maximum atomic E-state index is 10.9. The van der Waals surface area contributed by atoms with Crippen molar-refractivity contribution in [3.8, 4) is 0 Å². The lowest BCUT2D eigenvalue weighted by Crippen LogP contribution is -2.27. The van der Waals surface area contributed by atoms with E-state index in [0.717, 1.165) is 19.3 Å². The Labute approximate surface area is 84.0 Å². The van der Waals surface area contributed by atoms with E-state index in [9.17, 15) is 9.59 Å². The highest BCUT2D eigenvalue weighted by Gasteiger charge is 2.31. The molecule has 0 saturated carbocycles. The van der Waals surface area contributed by atoms with E-state index in [4.69, 9.17) is 0 Å². The summed E-state index contributed by atoms with van der Waals surface area (Å²) in [6.45, 7) is 2.86. The molecule has 14 heavy (non-hydrogen) atoms. The molecule has 0 aromatic heterocycles. The van der Waals surface area contributed by atoms with Crippen molar-refractivity contribution in [1.29, 1.82) is 0 Å². The number of carbonyl (C=O) groups is 2. The van der Waals surface area contributed by atoms with Crippen molar-refractivity contribution >= 4 is 12.3 Å². The molecule has 3 unspecified atom stereocenters. The molecule has 1 heterocycles. The Hall–Kier alpha value is -0.900. The van der Waals surface area contributed by atoms with Gasteiger partial charge in [0.15, 0.2) is 0 Å². The van der Waals surface area contributed by atoms with Crippen molar-refractivity contribution in [1.82, 2.24) is 5.32 Å². The van der Waals surface area contributed by atoms with Gasteiger partial charge in [0.05, 0.1) is 13.2 Å². The van der Waals surface area contributed by atoms with E-state index < -0.39 is 0 Å². The topological polar surface area (TPSA) is 55.4 Å². The zero-order chi connectivity index (χ0) is 10.6. The number of carbonyl (C=O) groups excluding carboxylic acids is 2. The van der Waals surface area contributed by atoms with Crippen LogP contribution in [0.15, 0.2) is 0 Å². The van der Waals surface area contributed by atoms with Gasteiger partial charge in [-0.15, -0.1) is 0 Å². The molecule has 1 rings (SSSR count). The molecule has 4 nitrogen and oxygen atoms in total. The molecule has 0 aliphatic carbocycles. The molecule has 1 aliphatic rings. The van der Waals surface area contributed by atoms with Crippen LogP contribution in [0, 0.1) is 11.8 Å². The van der Waals surface area contributed by atoms with E-state index in [1.54, 1.807) is 0 Å². The van der Waals surface area contributed by atoms with Crippen LogP contribution in [-0.2, 0) is 14.3 Å². The first kappa shape index (κ1) is 11.2. The van der Waals surface area contributed by atoms with Gasteiger partial charge in [-0.25, -0.2) is 0 Å². The average molecular weight is 199 g/mol. The Morgan fingerprint density at radius 1 is 1.64 bits per heavy atom. The smallest absolute Gasteiger partial charge is 0.305 e. The second-order valence-corrected chi connectivity index (χ2v) is 3.80. The van der Waals surface area contributed by atoms with Gasteiger partial charge in [-0.05, 0) is 24.8 Å². The Bertz CT molecular complexity index is 217. The fraction of sp³-hybridized carbons (Fsp3) is 0.800. The molecular weight excluding hydrogens is 182 g/mol. The highest BCUT2D eigenvalue weighted by Crippen LogP contribution is 2.25. The zero-order valence-electron chi connectivity index (χ0n) is 8.66. The molecule has 0 spiro atoms. The lowest BCUT2D eigenvalue weighted by molar-refractivity contribution is -0.140. The van der Waals surface area contributed by atoms with E-state index in [-0.39, 0.29) is 12.0 Å². The molecule has 0 aromatic carbocycles. The number of nitrogens with one attached hydrogen (secondary N) is 1. The summed E-state index contributed by atoms with van der Waals surface area (Å²) in [5.41, 5.74) is 0. The molecule has 1 fully saturated rings. The van der Waals surface area contributed by atoms with E-state index in [0.29, 0.717) is 18.3 Å². The lowest BCUT2D eigenvalue weighted by atomic mass is 9.89. The monoisotopic (exact) mass is 199 g/mol. The van der Waals surface area contributed by atoms with Crippen molar-refractivity contribution in [3.63, 3.8) is 0 Å². The summed E-state index contributed by atoms with van der Waals surface area (Å²) >= 11 is 0. The fourth-order valence-electron chi connectivity index (χ4n) is 1.89. The molecule has 1 N–H and O–H groups in total. The molecule has 80 valence electrons. The SMILES string of the molecule is COC(=O)CCC1CNC(C=O)C1C. The zero-order valence-corrected chi connectivity index (χ0v) is 8.66. The first-order valence-electron chi connectivity index (χ1n) is 4.94. The fourth-order valence-corrected chi connectivity index (χ4v) is 1.89. The summed E-state index contributed by atoms with van der Waals surface area (Å²) in [5, 5.41) is 3.13. The third-order valence-electron chi connectivity index (χ3n) is 3.02. The van der Waals surface area contributed by atoms with Crippen molar-refractivity contribution in [2.24, 2.45) is 11.8 Å². The summed E-state index contributed by atoms with van der Waals surface area (Å²) in [5.74, 6) is 0.549. The first-order valence-corrected chi connectivity index (χ1v) is 4.94. The Morgan fingerprint density at radius 3 is 2.86 bits per heavy atom. The Kier molecular flexibility index (Phi) is 4.07. The number of hydrogen-bond acceptors (Lipinski definition) is 4. The van der Waals surface area contributed by atoms with Crippen LogP contribution < -0.4 is 5.32 Å². The predicted molar refractivity (Wildman–Crippen MR) is 51.8 cm³/mol. The minimum absolute atomic E-state index is 0.0438. The standard InChI is InChI=1S/C10H17NO3/c1-7-8(3-4-10(13)14-2)5-11-9(7)6-12/h6-9,11H,3-5H2,1-2H3. The van der Waals surface area contributed by atoms with Crippen LogP contribution in [0.2, 0.25) is 0 Å². The van der Waals surface area contributed by atoms with Gasteiger partial charge < -0.3 is 14.8 Å². The van der Waals surface area contributed by atoms with E-state index in [2.05, 4.69) is 10.1 Å². The van der Waals surface area contributed by atoms with Crippen LogP contribution in [0.4, 0.5) is 0 Å². The molecule has 0 bridgehead atoms. The Balaban J connectivity index is 2.33. The number of esters is 1. The van der Waals surface area contributed by atoms with Gasteiger partial charge in [0.2, 0.25) is 0 Å². The van der Waals surface area contributed by atoms with Gasteiger partial charge in [0.1, 0.15) is 6.29 Å². The van der Waals surface area contributed by atoms with Crippen LogP contribution in [0.3, 0.4) is 0 Å². The molecular formula is C10H17NO3. The maximum Gasteiger partial charge on any atom is 0.305 e. The van der Waals surface area contributed by atoms with Gasteiger partial charge >= 0.3 is 5.97 Å². The first-order chi connectivity index (χ1) is 6.69. The molecule has 4 heteroatoms. The average Bonchev–Trinajstić information content (AvgIpc) is 2.56. The highest BCUT2D eigenvalue weighted by molar-refractivity contribution is 5.69. The Morgan fingerprint density at radius 2 is 2.36 bits per heavy atom. The lowest BCUT2D eigenvalue weighted by Gasteiger charge is -2.14. The normalized spacial score (nSPS) is 31.4. The van der Waals surface area contributed by atoms with Gasteiger partial charge in [-0.2, -0.15) is 0 Å². The van der Waals surface area contributed by atoms with Crippen LogP contribution in [0.1, 0.15) is 19.8 Å². The number of methoxy groups -OCH3 is 1. The number of ether oxygens (including phenoxy) is 1. The second kappa shape index (κ2) is 5.10. The summed E-state index contributed by atoms with van der Waals surface area (Å²) in [6, 6.07) is -0.0438.